The molecule has 4 nitrogen and oxygen atoms in total. The van der Waals surface area contributed by atoms with Crippen LogP contribution in [0.5, 0.6) is 0 Å². The van der Waals surface area contributed by atoms with Crippen LogP contribution in [0.3, 0.4) is 0 Å². The third-order valence-corrected chi connectivity index (χ3v) is 8.81. The summed E-state index contributed by atoms with van der Waals surface area (Å²) < 4.78 is 11.1. The van der Waals surface area contributed by atoms with E-state index in [4.69, 9.17) is 9.16 Å². The van der Waals surface area contributed by atoms with Crippen molar-refractivity contribution in [2.75, 3.05) is 6.61 Å². The summed E-state index contributed by atoms with van der Waals surface area (Å²) in [6.45, 7) is 12.7. The van der Waals surface area contributed by atoms with Gasteiger partial charge < -0.3 is 9.16 Å². The molecular formula is C19H30O4Si. The van der Waals surface area contributed by atoms with Crippen LogP contribution >= 0.6 is 0 Å². The molecule has 0 bridgehead atoms. The highest BCUT2D eigenvalue weighted by atomic mass is 28.4. The number of carbonyl (C=O) groups is 2. The molecule has 0 amide bonds. The normalized spacial score (nSPS) is 11.9. The molecule has 0 aliphatic rings. The van der Waals surface area contributed by atoms with Gasteiger partial charge in [0.15, 0.2) is 0 Å². The van der Waals surface area contributed by atoms with Gasteiger partial charge in [-0.15, -0.1) is 0 Å². The summed E-state index contributed by atoms with van der Waals surface area (Å²) in [5, 5.41) is -0.0851. The van der Waals surface area contributed by atoms with E-state index in [2.05, 4.69) is 27.7 Å². The number of ether oxygens (including phenoxy) is 1. The summed E-state index contributed by atoms with van der Waals surface area (Å²) in [6.07, 6.45) is 2.91. The first-order valence-electron chi connectivity index (χ1n) is 8.59. The molecule has 0 aliphatic heterocycles. The Balaban J connectivity index is 2.89. The first kappa shape index (κ1) is 20.4. The third kappa shape index (κ3) is 5.48. The minimum Gasteiger partial charge on any atom is -0.516 e. The molecule has 0 unspecified atom stereocenters. The van der Waals surface area contributed by atoms with Gasteiger partial charge in [0.05, 0.1) is 17.7 Å². The molecule has 0 saturated heterocycles. The topological polar surface area (TPSA) is 52.6 Å². The second kappa shape index (κ2) is 8.47. The number of esters is 1. The number of rotatable bonds is 7. The minimum absolute atomic E-state index is 0.0851. The van der Waals surface area contributed by atoms with Crippen molar-refractivity contribution in [2.45, 2.75) is 65.1 Å². The molecule has 1 rings (SSSR count). The predicted octanol–water partition coefficient (Wildman–Crippen LogP) is 5.20. The van der Waals surface area contributed by atoms with Gasteiger partial charge in [-0.05, 0) is 36.7 Å². The maximum Gasteiger partial charge on any atom is 0.339 e. The fourth-order valence-corrected chi connectivity index (χ4v) is 2.75. The summed E-state index contributed by atoms with van der Waals surface area (Å²) in [6, 6.07) is 6.70. The number of carbonyl (C=O) groups excluding carboxylic acids is 2. The highest BCUT2D eigenvalue weighted by Crippen LogP contribution is 2.37. The van der Waals surface area contributed by atoms with Gasteiger partial charge in [0.1, 0.15) is 0 Å². The number of hydrogen-bond donors (Lipinski definition) is 0. The molecule has 1 aromatic rings. The SMILES string of the molecule is CCCCCOC(=O)c1ccccc1C(=O)O[Si](C)(C)C(C)(C)C. The molecule has 0 N–H and O–H groups in total. The summed E-state index contributed by atoms with van der Waals surface area (Å²) in [5.74, 6) is -0.906. The zero-order chi connectivity index (χ0) is 18.4. The van der Waals surface area contributed by atoms with E-state index < -0.39 is 20.3 Å². The summed E-state index contributed by atoms with van der Waals surface area (Å²) >= 11 is 0. The van der Waals surface area contributed by atoms with E-state index in [1.807, 2.05) is 13.1 Å². The Hall–Kier alpha value is -1.62. The number of hydrogen-bond acceptors (Lipinski definition) is 4. The zero-order valence-electron chi connectivity index (χ0n) is 15.8. The molecule has 1 aromatic carbocycles. The molecule has 0 fully saturated rings. The van der Waals surface area contributed by atoms with Gasteiger partial charge in [0.2, 0.25) is 0 Å². The maximum atomic E-state index is 12.6. The Morgan fingerprint density at radius 3 is 2.04 bits per heavy atom. The summed E-state index contributed by atoms with van der Waals surface area (Å²) in [5.41, 5.74) is 0.556. The van der Waals surface area contributed by atoms with Gasteiger partial charge in [0.25, 0.3) is 8.32 Å². The molecule has 0 aromatic heterocycles. The van der Waals surface area contributed by atoms with Gasteiger partial charge >= 0.3 is 11.9 Å². The van der Waals surface area contributed by atoms with E-state index >= 15 is 0 Å². The van der Waals surface area contributed by atoms with Crippen molar-refractivity contribution < 1.29 is 18.8 Å². The van der Waals surface area contributed by atoms with Crippen LogP contribution in [0.2, 0.25) is 18.1 Å². The van der Waals surface area contributed by atoms with Crippen molar-refractivity contribution >= 4 is 20.3 Å². The predicted molar refractivity (Wildman–Crippen MR) is 98.9 cm³/mol. The lowest BCUT2D eigenvalue weighted by Gasteiger charge is -2.35. The van der Waals surface area contributed by atoms with Crippen LogP contribution in [-0.2, 0) is 9.16 Å². The number of benzene rings is 1. The molecule has 0 heterocycles. The molecular weight excluding hydrogens is 320 g/mol. The summed E-state index contributed by atoms with van der Waals surface area (Å²) in [7, 11) is -2.25. The van der Waals surface area contributed by atoms with Crippen LogP contribution in [0.15, 0.2) is 24.3 Å². The van der Waals surface area contributed by atoms with Gasteiger partial charge in [-0.1, -0.05) is 52.7 Å². The van der Waals surface area contributed by atoms with E-state index in [1.165, 1.54) is 0 Å². The van der Waals surface area contributed by atoms with Crippen LogP contribution in [0, 0.1) is 0 Å². The van der Waals surface area contributed by atoms with Gasteiger partial charge in [-0.25, -0.2) is 9.59 Å². The fourth-order valence-electron chi connectivity index (χ4n) is 1.87. The quantitative estimate of drug-likeness (QED) is 0.385. The minimum atomic E-state index is -2.25. The monoisotopic (exact) mass is 350 g/mol. The maximum absolute atomic E-state index is 12.6. The van der Waals surface area contributed by atoms with E-state index in [0.29, 0.717) is 6.61 Å². The largest absolute Gasteiger partial charge is 0.516 e. The standard InChI is InChI=1S/C19H30O4Si/c1-7-8-11-14-22-17(20)15-12-9-10-13-16(15)18(21)23-24(5,6)19(2,3)4/h9-10,12-13H,7-8,11,14H2,1-6H3. The highest BCUT2D eigenvalue weighted by Gasteiger charge is 2.41. The van der Waals surface area contributed by atoms with Crippen LogP contribution in [0.4, 0.5) is 0 Å². The van der Waals surface area contributed by atoms with E-state index in [0.717, 1.165) is 19.3 Å². The zero-order valence-corrected chi connectivity index (χ0v) is 16.8. The molecule has 0 saturated carbocycles. The van der Waals surface area contributed by atoms with Crippen molar-refractivity contribution in [1.29, 1.82) is 0 Å². The average molecular weight is 351 g/mol. The highest BCUT2D eigenvalue weighted by molar-refractivity contribution is 6.75. The first-order chi connectivity index (χ1) is 11.1. The van der Waals surface area contributed by atoms with Crippen molar-refractivity contribution in [2.24, 2.45) is 0 Å². The fraction of sp³-hybridized carbons (Fsp3) is 0.579. The van der Waals surface area contributed by atoms with Crippen LogP contribution in [0.1, 0.15) is 67.7 Å². The lowest BCUT2D eigenvalue weighted by molar-refractivity contribution is 0.0489. The Kier molecular flexibility index (Phi) is 7.20. The van der Waals surface area contributed by atoms with Gasteiger partial charge in [-0.2, -0.15) is 0 Å². The van der Waals surface area contributed by atoms with Crippen molar-refractivity contribution in [3.8, 4) is 0 Å². The third-order valence-electron chi connectivity index (χ3n) is 4.50. The van der Waals surface area contributed by atoms with Crippen LogP contribution in [0.25, 0.3) is 0 Å². The molecule has 24 heavy (non-hydrogen) atoms. The van der Waals surface area contributed by atoms with E-state index in [-0.39, 0.29) is 16.2 Å². The lowest BCUT2D eigenvalue weighted by atomic mass is 10.1. The van der Waals surface area contributed by atoms with Gasteiger partial charge in [-0.3, -0.25) is 0 Å². The van der Waals surface area contributed by atoms with Crippen LogP contribution in [-0.4, -0.2) is 26.9 Å². The lowest BCUT2D eigenvalue weighted by Crippen LogP contribution is -2.42. The molecule has 0 aliphatic carbocycles. The van der Waals surface area contributed by atoms with Crippen molar-refractivity contribution in [3.63, 3.8) is 0 Å². The van der Waals surface area contributed by atoms with Crippen molar-refractivity contribution in [1.82, 2.24) is 0 Å². The Bertz CT molecular complexity index is 573. The summed E-state index contributed by atoms with van der Waals surface area (Å²) in [4.78, 5) is 24.9. The number of unbranched alkanes of at least 4 members (excludes halogenated alkanes) is 2. The van der Waals surface area contributed by atoms with Crippen LogP contribution < -0.4 is 0 Å². The second-order valence-corrected chi connectivity index (χ2v) is 12.3. The smallest absolute Gasteiger partial charge is 0.339 e. The Morgan fingerprint density at radius 2 is 1.54 bits per heavy atom. The second-order valence-electron chi connectivity index (χ2n) is 7.54. The average Bonchev–Trinajstić information content (AvgIpc) is 2.49. The Morgan fingerprint density at radius 1 is 1.00 bits per heavy atom. The molecule has 5 heteroatoms. The first-order valence-corrected chi connectivity index (χ1v) is 11.5. The molecule has 134 valence electrons. The molecule has 0 radical (unpaired) electrons. The van der Waals surface area contributed by atoms with E-state index in [9.17, 15) is 9.59 Å². The Labute approximate surface area is 146 Å². The van der Waals surface area contributed by atoms with Crippen molar-refractivity contribution in [3.05, 3.63) is 35.4 Å². The van der Waals surface area contributed by atoms with E-state index in [1.54, 1.807) is 24.3 Å². The van der Waals surface area contributed by atoms with Gasteiger partial charge in [0, 0.05) is 0 Å². The molecule has 0 atom stereocenters. The molecule has 0 spiro atoms.